The van der Waals surface area contributed by atoms with Gasteiger partial charge in [-0.3, -0.25) is 9.79 Å². The molecule has 1 aliphatic heterocycles. The molecule has 0 saturated heterocycles. The Hall–Kier alpha value is -1.84. The fourth-order valence-electron chi connectivity index (χ4n) is 2.79. The van der Waals surface area contributed by atoms with E-state index in [0.717, 1.165) is 17.1 Å². The van der Waals surface area contributed by atoms with Crippen LogP contribution in [0, 0.1) is 5.41 Å². The fraction of sp³-hybridized carbons (Fsp3) is 0.467. The molecule has 1 aromatic rings. The number of fused-ring (bicyclic) bond motifs is 1. The third-order valence-electron chi connectivity index (χ3n) is 3.89. The van der Waals surface area contributed by atoms with Crippen molar-refractivity contribution in [2.24, 2.45) is 10.4 Å². The first kappa shape index (κ1) is 12.2. The molecule has 0 saturated carbocycles. The van der Waals surface area contributed by atoms with Crippen LogP contribution in [0.15, 0.2) is 23.2 Å². The SMILES string of the molecule is CC(C)(C)C1=NC2(Cc3ccc(N)cc3C2)C(=O)N1. The number of amidine groups is 1. The number of amides is 1. The maximum Gasteiger partial charge on any atom is 0.253 e. The van der Waals surface area contributed by atoms with E-state index in [1.807, 2.05) is 18.2 Å². The number of carbonyl (C=O) groups excluding carboxylic acids is 1. The molecule has 0 aromatic heterocycles. The minimum absolute atomic E-state index is 0.0206. The van der Waals surface area contributed by atoms with Gasteiger partial charge in [0.05, 0.1) is 0 Å². The molecule has 1 atom stereocenters. The van der Waals surface area contributed by atoms with Gasteiger partial charge in [-0.2, -0.15) is 0 Å². The summed E-state index contributed by atoms with van der Waals surface area (Å²) in [5.74, 6) is 0.811. The predicted molar refractivity (Wildman–Crippen MR) is 76.0 cm³/mol. The van der Waals surface area contributed by atoms with Crippen LogP contribution in [0.3, 0.4) is 0 Å². The Bertz CT molecular complexity index is 598. The molecule has 100 valence electrons. The highest BCUT2D eigenvalue weighted by Gasteiger charge is 2.49. The number of nitrogens with zero attached hydrogens (tertiary/aromatic N) is 1. The molecule has 0 bridgehead atoms. The summed E-state index contributed by atoms with van der Waals surface area (Å²) in [7, 11) is 0. The molecule has 1 spiro atoms. The predicted octanol–water partition coefficient (Wildman–Crippen LogP) is 1.68. The Morgan fingerprint density at radius 3 is 2.58 bits per heavy atom. The van der Waals surface area contributed by atoms with Gasteiger partial charge in [-0.1, -0.05) is 26.8 Å². The number of nitrogens with one attached hydrogen (secondary N) is 1. The number of nitrogen functional groups attached to an aromatic ring is 1. The van der Waals surface area contributed by atoms with Gasteiger partial charge in [0.1, 0.15) is 11.4 Å². The van der Waals surface area contributed by atoms with Crippen LogP contribution in [0.5, 0.6) is 0 Å². The van der Waals surface area contributed by atoms with Crippen LogP contribution in [0.25, 0.3) is 0 Å². The van der Waals surface area contributed by atoms with Gasteiger partial charge >= 0.3 is 0 Å². The molecule has 1 unspecified atom stereocenters. The Balaban J connectivity index is 2.00. The molecule has 19 heavy (non-hydrogen) atoms. The van der Waals surface area contributed by atoms with Crippen molar-refractivity contribution in [1.82, 2.24) is 5.32 Å². The number of hydrogen-bond donors (Lipinski definition) is 2. The number of anilines is 1. The third kappa shape index (κ3) is 1.82. The minimum Gasteiger partial charge on any atom is -0.399 e. The molecule has 2 aliphatic rings. The van der Waals surface area contributed by atoms with Crippen molar-refractivity contribution in [1.29, 1.82) is 0 Å². The van der Waals surface area contributed by atoms with Crippen molar-refractivity contribution in [2.45, 2.75) is 39.2 Å². The van der Waals surface area contributed by atoms with Crippen molar-refractivity contribution >= 4 is 17.4 Å². The number of carbonyl (C=O) groups is 1. The van der Waals surface area contributed by atoms with Crippen LogP contribution in [0.1, 0.15) is 31.9 Å². The number of aliphatic imine (C=N–C) groups is 1. The van der Waals surface area contributed by atoms with Crippen LogP contribution >= 0.6 is 0 Å². The second kappa shape index (κ2) is 3.59. The summed E-state index contributed by atoms with van der Waals surface area (Å²) < 4.78 is 0. The first-order valence-electron chi connectivity index (χ1n) is 6.59. The summed E-state index contributed by atoms with van der Waals surface area (Å²) in [6.07, 6.45) is 1.33. The summed E-state index contributed by atoms with van der Waals surface area (Å²) in [6.45, 7) is 6.18. The highest BCUT2D eigenvalue weighted by molar-refractivity contribution is 6.10. The standard InChI is InChI=1S/C15H19N3O/c1-14(2,3)12-17-13(19)15(18-12)7-9-4-5-11(16)6-10(9)8-15/h4-6H,7-8,16H2,1-3H3,(H,17,18,19). The van der Waals surface area contributed by atoms with Crippen molar-refractivity contribution in [3.05, 3.63) is 29.3 Å². The summed E-state index contributed by atoms with van der Waals surface area (Å²) >= 11 is 0. The maximum absolute atomic E-state index is 12.4. The number of rotatable bonds is 0. The zero-order valence-corrected chi connectivity index (χ0v) is 11.6. The number of nitrogens with two attached hydrogens (primary N) is 1. The second-order valence-corrected chi connectivity index (χ2v) is 6.58. The van der Waals surface area contributed by atoms with Gasteiger partial charge in [-0.25, -0.2) is 0 Å². The average molecular weight is 257 g/mol. The number of hydrogen-bond acceptors (Lipinski definition) is 3. The smallest absolute Gasteiger partial charge is 0.253 e. The lowest BCUT2D eigenvalue weighted by Crippen LogP contribution is -2.41. The molecule has 3 rings (SSSR count). The van der Waals surface area contributed by atoms with Crippen LogP contribution in [-0.2, 0) is 17.6 Å². The molecule has 4 heteroatoms. The van der Waals surface area contributed by atoms with E-state index in [0.29, 0.717) is 12.8 Å². The average Bonchev–Trinajstić information content (AvgIpc) is 2.80. The highest BCUT2D eigenvalue weighted by Crippen LogP contribution is 2.38. The first-order valence-corrected chi connectivity index (χ1v) is 6.59. The molecule has 4 nitrogen and oxygen atoms in total. The Labute approximate surface area is 113 Å². The molecule has 0 radical (unpaired) electrons. The molecule has 1 aromatic carbocycles. The zero-order chi connectivity index (χ0) is 13.8. The molecular weight excluding hydrogens is 238 g/mol. The molecular formula is C15H19N3O. The minimum atomic E-state index is -0.640. The van der Waals surface area contributed by atoms with E-state index < -0.39 is 5.54 Å². The fourth-order valence-corrected chi connectivity index (χ4v) is 2.79. The topological polar surface area (TPSA) is 67.5 Å². The first-order chi connectivity index (χ1) is 8.80. The van der Waals surface area contributed by atoms with Gasteiger partial charge < -0.3 is 11.1 Å². The second-order valence-electron chi connectivity index (χ2n) is 6.58. The summed E-state index contributed by atoms with van der Waals surface area (Å²) in [5.41, 5.74) is 8.12. The monoisotopic (exact) mass is 257 g/mol. The summed E-state index contributed by atoms with van der Waals surface area (Å²) in [5, 5.41) is 2.96. The van der Waals surface area contributed by atoms with Crippen molar-refractivity contribution in [3.63, 3.8) is 0 Å². The summed E-state index contributed by atoms with van der Waals surface area (Å²) in [6, 6.07) is 5.86. The largest absolute Gasteiger partial charge is 0.399 e. The van der Waals surface area contributed by atoms with E-state index in [4.69, 9.17) is 10.7 Å². The van der Waals surface area contributed by atoms with E-state index in [-0.39, 0.29) is 11.3 Å². The zero-order valence-electron chi connectivity index (χ0n) is 11.6. The Morgan fingerprint density at radius 2 is 1.95 bits per heavy atom. The molecule has 3 N–H and O–H groups in total. The molecule has 0 fully saturated rings. The van der Waals surface area contributed by atoms with E-state index in [1.54, 1.807) is 0 Å². The van der Waals surface area contributed by atoms with Gasteiger partial charge in [0.2, 0.25) is 0 Å². The lowest BCUT2D eigenvalue weighted by molar-refractivity contribution is -0.123. The van der Waals surface area contributed by atoms with Gasteiger partial charge in [-0.15, -0.1) is 0 Å². The van der Waals surface area contributed by atoms with Gasteiger partial charge in [0.25, 0.3) is 5.91 Å². The quantitative estimate of drug-likeness (QED) is 0.694. The van der Waals surface area contributed by atoms with Gasteiger partial charge in [0.15, 0.2) is 0 Å². The van der Waals surface area contributed by atoms with Gasteiger partial charge in [-0.05, 0) is 23.3 Å². The lowest BCUT2D eigenvalue weighted by Gasteiger charge is -2.17. The summed E-state index contributed by atoms with van der Waals surface area (Å²) in [4.78, 5) is 17.1. The van der Waals surface area contributed by atoms with E-state index in [9.17, 15) is 4.79 Å². The van der Waals surface area contributed by atoms with Crippen LogP contribution < -0.4 is 11.1 Å². The van der Waals surface area contributed by atoms with Crippen molar-refractivity contribution < 1.29 is 4.79 Å². The molecule has 1 aliphatic carbocycles. The van der Waals surface area contributed by atoms with Crippen LogP contribution in [-0.4, -0.2) is 17.3 Å². The van der Waals surface area contributed by atoms with Gasteiger partial charge in [0, 0.05) is 23.9 Å². The van der Waals surface area contributed by atoms with Crippen molar-refractivity contribution in [2.75, 3.05) is 5.73 Å². The lowest BCUT2D eigenvalue weighted by atomic mass is 9.95. The van der Waals surface area contributed by atoms with E-state index >= 15 is 0 Å². The van der Waals surface area contributed by atoms with Crippen molar-refractivity contribution in [3.8, 4) is 0 Å². The maximum atomic E-state index is 12.4. The Morgan fingerprint density at radius 1 is 1.26 bits per heavy atom. The highest BCUT2D eigenvalue weighted by atomic mass is 16.2. The van der Waals surface area contributed by atoms with E-state index in [1.165, 1.54) is 5.56 Å². The molecule has 1 heterocycles. The van der Waals surface area contributed by atoms with E-state index in [2.05, 4.69) is 26.1 Å². The number of benzene rings is 1. The third-order valence-corrected chi connectivity index (χ3v) is 3.89. The molecule has 1 amide bonds. The Kier molecular flexibility index (Phi) is 2.31. The van der Waals surface area contributed by atoms with Crippen LogP contribution in [0.2, 0.25) is 0 Å². The normalized spacial score (nSPS) is 25.4. The van der Waals surface area contributed by atoms with Crippen LogP contribution in [0.4, 0.5) is 5.69 Å².